The highest BCUT2D eigenvalue weighted by atomic mass is 35.5. The van der Waals surface area contributed by atoms with E-state index in [2.05, 4.69) is 15.4 Å². The van der Waals surface area contributed by atoms with Crippen molar-refractivity contribution in [2.45, 2.75) is 13.0 Å². The Morgan fingerprint density at radius 3 is 2.21 bits per heavy atom. The molecule has 0 aliphatic carbocycles. The van der Waals surface area contributed by atoms with Gasteiger partial charge in [-0.05, 0) is 41.8 Å². The first kappa shape index (κ1) is 17.8. The van der Waals surface area contributed by atoms with Crippen LogP contribution in [0.15, 0.2) is 48.5 Å². The van der Waals surface area contributed by atoms with Gasteiger partial charge >= 0.3 is 12.0 Å². The van der Waals surface area contributed by atoms with Crippen LogP contribution in [0.4, 0.5) is 4.79 Å². The molecule has 5 nitrogen and oxygen atoms in total. The predicted molar refractivity (Wildman–Crippen MR) is 93.2 cm³/mol. The van der Waals surface area contributed by atoms with Gasteiger partial charge in [-0.1, -0.05) is 35.9 Å². The average molecular weight is 347 g/mol. The van der Waals surface area contributed by atoms with Crippen molar-refractivity contribution >= 4 is 23.6 Å². The van der Waals surface area contributed by atoms with Crippen molar-refractivity contribution in [1.29, 1.82) is 0 Å². The highest BCUT2D eigenvalue weighted by molar-refractivity contribution is 6.30. The number of hydrogen-bond donors (Lipinski definition) is 2. The van der Waals surface area contributed by atoms with E-state index in [9.17, 15) is 9.59 Å². The Bertz CT molecular complexity index is 684. The number of methoxy groups -OCH3 is 1. The summed E-state index contributed by atoms with van der Waals surface area (Å²) >= 11 is 5.83. The lowest BCUT2D eigenvalue weighted by Gasteiger charge is -2.08. The number of esters is 1. The molecule has 0 aromatic heterocycles. The van der Waals surface area contributed by atoms with E-state index in [0.29, 0.717) is 23.7 Å². The third-order valence-electron chi connectivity index (χ3n) is 3.44. The van der Waals surface area contributed by atoms with Gasteiger partial charge in [-0.15, -0.1) is 0 Å². The van der Waals surface area contributed by atoms with Gasteiger partial charge < -0.3 is 15.4 Å². The Kier molecular flexibility index (Phi) is 6.63. The summed E-state index contributed by atoms with van der Waals surface area (Å²) in [6, 6.07) is 14.2. The van der Waals surface area contributed by atoms with E-state index >= 15 is 0 Å². The van der Waals surface area contributed by atoms with Gasteiger partial charge in [0.2, 0.25) is 0 Å². The van der Waals surface area contributed by atoms with Gasteiger partial charge in [0, 0.05) is 18.1 Å². The summed E-state index contributed by atoms with van der Waals surface area (Å²) in [5.74, 6) is -0.380. The second kappa shape index (κ2) is 8.93. The maximum Gasteiger partial charge on any atom is 0.337 e. The molecule has 6 heteroatoms. The van der Waals surface area contributed by atoms with Gasteiger partial charge in [0.25, 0.3) is 0 Å². The maximum absolute atomic E-state index is 11.8. The zero-order valence-electron chi connectivity index (χ0n) is 13.3. The lowest BCUT2D eigenvalue weighted by Crippen LogP contribution is -2.36. The van der Waals surface area contributed by atoms with Gasteiger partial charge in [0.1, 0.15) is 0 Å². The van der Waals surface area contributed by atoms with Crippen LogP contribution in [-0.4, -0.2) is 25.7 Å². The number of rotatable bonds is 6. The third kappa shape index (κ3) is 5.59. The fourth-order valence-electron chi connectivity index (χ4n) is 2.09. The van der Waals surface area contributed by atoms with Crippen LogP contribution in [0.5, 0.6) is 0 Å². The average Bonchev–Trinajstić information content (AvgIpc) is 2.61. The molecule has 0 saturated carbocycles. The highest BCUT2D eigenvalue weighted by Crippen LogP contribution is 2.09. The van der Waals surface area contributed by atoms with Crippen molar-refractivity contribution in [3.05, 3.63) is 70.2 Å². The summed E-state index contributed by atoms with van der Waals surface area (Å²) in [5.41, 5.74) is 2.49. The second-order valence-electron chi connectivity index (χ2n) is 5.17. The topological polar surface area (TPSA) is 67.4 Å². The number of carbonyl (C=O) groups is 2. The number of halogens is 1. The normalized spacial score (nSPS) is 10.1. The van der Waals surface area contributed by atoms with Gasteiger partial charge in [-0.3, -0.25) is 0 Å². The third-order valence-corrected chi connectivity index (χ3v) is 3.69. The smallest absolute Gasteiger partial charge is 0.337 e. The molecule has 0 saturated heterocycles. The van der Waals surface area contributed by atoms with Crippen LogP contribution in [0.3, 0.4) is 0 Å². The molecule has 0 radical (unpaired) electrons. The largest absolute Gasteiger partial charge is 0.465 e. The Labute approximate surface area is 146 Å². The second-order valence-corrected chi connectivity index (χ2v) is 5.61. The van der Waals surface area contributed by atoms with Crippen molar-refractivity contribution in [2.24, 2.45) is 0 Å². The first-order chi connectivity index (χ1) is 11.6. The molecule has 2 aromatic rings. The minimum atomic E-state index is -0.380. The number of carbonyl (C=O) groups excluding carboxylic acids is 2. The van der Waals surface area contributed by atoms with E-state index in [1.54, 1.807) is 24.3 Å². The number of ether oxygens (including phenoxy) is 1. The highest BCUT2D eigenvalue weighted by Gasteiger charge is 2.05. The lowest BCUT2D eigenvalue weighted by molar-refractivity contribution is 0.0600. The SMILES string of the molecule is COC(=O)c1ccc(CNC(=O)NCCc2ccc(Cl)cc2)cc1. The summed E-state index contributed by atoms with van der Waals surface area (Å²) in [6.45, 7) is 0.920. The van der Waals surface area contributed by atoms with Crippen LogP contribution in [0, 0.1) is 0 Å². The quantitative estimate of drug-likeness (QED) is 0.789. The van der Waals surface area contributed by atoms with Crippen molar-refractivity contribution in [3.63, 3.8) is 0 Å². The summed E-state index contributed by atoms with van der Waals surface area (Å²) in [7, 11) is 1.34. The van der Waals surface area contributed by atoms with Crippen molar-refractivity contribution in [2.75, 3.05) is 13.7 Å². The summed E-state index contributed by atoms with van der Waals surface area (Å²) in [6.07, 6.45) is 0.735. The molecule has 126 valence electrons. The number of nitrogens with one attached hydrogen (secondary N) is 2. The first-order valence-electron chi connectivity index (χ1n) is 7.52. The van der Waals surface area contributed by atoms with E-state index in [1.165, 1.54) is 7.11 Å². The molecule has 0 spiro atoms. The van der Waals surface area contributed by atoms with E-state index in [-0.39, 0.29) is 12.0 Å². The summed E-state index contributed by atoms with van der Waals surface area (Å²) < 4.78 is 4.64. The molecule has 0 aliphatic rings. The Balaban J connectivity index is 1.71. The molecular formula is C18H19ClN2O3. The van der Waals surface area contributed by atoms with E-state index < -0.39 is 0 Å². The van der Waals surface area contributed by atoms with Gasteiger partial charge in [0.05, 0.1) is 12.7 Å². The van der Waals surface area contributed by atoms with Crippen LogP contribution >= 0.6 is 11.6 Å². The molecule has 2 amide bonds. The molecule has 0 unspecified atom stereocenters. The minimum Gasteiger partial charge on any atom is -0.465 e. The predicted octanol–water partition coefficient (Wildman–Crippen LogP) is 3.17. The number of urea groups is 1. The molecule has 0 fully saturated rings. The van der Waals surface area contributed by atoms with E-state index in [1.807, 2.05) is 24.3 Å². The zero-order chi connectivity index (χ0) is 17.4. The molecule has 0 bridgehead atoms. The zero-order valence-corrected chi connectivity index (χ0v) is 14.1. The van der Waals surface area contributed by atoms with Crippen LogP contribution in [0.25, 0.3) is 0 Å². The van der Waals surface area contributed by atoms with E-state index in [4.69, 9.17) is 11.6 Å². The Morgan fingerprint density at radius 2 is 1.58 bits per heavy atom. The fraction of sp³-hybridized carbons (Fsp3) is 0.222. The van der Waals surface area contributed by atoms with Gasteiger partial charge in [-0.2, -0.15) is 0 Å². The standard InChI is InChI=1S/C18H19ClN2O3/c1-24-17(22)15-6-2-14(3-7-15)12-21-18(23)20-11-10-13-4-8-16(19)9-5-13/h2-9H,10-12H2,1H3,(H2,20,21,23). The molecule has 2 N–H and O–H groups in total. The van der Waals surface area contributed by atoms with Gasteiger partial charge in [-0.25, -0.2) is 9.59 Å². The van der Waals surface area contributed by atoms with Crippen LogP contribution in [0.1, 0.15) is 21.5 Å². The molecule has 24 heavy (non-hydrogen) atoms. The first-order valence-corrected chi connectivity index (χ1v) is 7.89. The molecule has 2 rings (SSSR count). The molecule has 0 atom stereocenters. The van der Waals surface area contributed by atoms with Crippen molar-refractivity contribution < 1.29 is 14.3 Å². The monoisotopic (exact) mass is 346 g/mol. The number of hydrogen-bond acceptors (Lipinski definition) is 3. The summed E-state index contributed by atoms with van der Waals surface area (Å²) in [5, 5.41) is 6.26. The maximum atomic E-state index is 11.8. The summed E-state index contributed by atoms with van der Waals surface area (Å²) in [4.78, 5) is 23.1. The van der Waals surface area contributed by atoms with Crippen LogP contribution in [0.2, 0.25) is 5.02 Å². The molecule has 0 aliphatic heterocycles. The molecular weight excluding hydrogens is 328 g/mol. The van der Waals surface area contributed by atoms with Crippen molar-refractivity contribution in [1.82, 2.24) is 10.6 Å². The number of benzene rings is 2. The Hall–Kier alpha value is -2.53. The minimum absolute atomic E-state index is 0.235. The number of amides is 2. The van der Waals surface area contributed by atoms with Crippen LogP contribution < -0.4 is 10.6 Å². The molecule has 0 heterocycles. The lowest BCUT2D eigenvalue weighted by atomic mass is 10.1. The van der Waals surface area contributed by atoms with E-state index in [0.717, 1.165) is 17.5 Å². The fourth-order valence-corrected chi connectivity index (χ4v) is 2.22. The van der Waals surface area contributed by atoms with Crippen LogP contribution in [-0.2, 0) is 17.7 Å². The van der Waals surface area contributed by atoms with Gasteiger partial charge in [0.15, 0.2) is 0 Å². The van der Waals surface area contributed by atoms with Crippen molar-refractivity contribution in [3.8, 4) is 0 Å². The Morgan fingerprint density at radius 1 is 0.958 bits per heavy atom. The molecule has 2 aromatic carbocycles.